The molecule has 1 rings (SSSR count). The highest BCUT2D eigenvalue weighted by Gasteiger charge is 2.13. The van der Waals surface area contributed by atoms with Gasteiger partial charge in [-0.2, -0.15) is 0 Å². The second-order valence-electron chi connectivity index (χ2n) is 3.18. The number of aliphatic hydroxyl groups excluding tert-OH is 1. The summed E-state index contributed by atoms with van der Waals surface area (Å²) >= 11 is 3.10. The van der Waals surface area contributed by atoms with E-state index in [2.05, 4.69) is 21.2 Å². The Bertz CT molecular complexity index is 370. The van der Waals surface area contributed by atoms with Crippen molar-refractivity contribution in [1.82, 2.24) is 5.32 Å². The molecule has 0 heterocycles. The molecule has 0 aliphatic heterocycles. The molecule has 0 saturated carbocycles. The highest BCUT2D eigenvalue weighted by atomic mass is 79.9. The van der Waals surface area contributed by atoms with Crippen molar-refractivity contribution >= 4 is 21.8 Å². The van der Waals surface area contributed by atoms with E-state index in [1.807, 2.05) is 0 Å². The van der Waals surface area contributed by atoms with E-state index in [4.69, 9.17) is 5.11 Å². The van der Waals surface area contributed by atoms with Crippen LogP contribution in [0.3, 0.4) is 0 Å². The second kappa shape index (κ2) is 5.23. The third-order valence-corrected chi connectivity index (χ3v) is 2.32. The molecule has 3 nitrogen and oxygen atoms in total. The number of amides is 1. The van der Waals surface area contributed by atoms with Crippen LogP contribution >= 0.6 is 15.9 Å². The number of hydrogen-bond acceptors (Lipinski definition) is 2. The fraction of sp³-hybridized carbons (Fsp3) is 0.300. The summed E-state index contributed by atoms with van der Waals surface area (Å²) in [5, 5.41) is 11.2. The third kappa shape index (κ3) is 3.28. The van der Waals surface area contributed by atoms with Crippen molar-refractivity contribution in [3.63, 3.8) is 0 Å². The zero-order chi connectivity index (χ0) is 11.4. The van der Waals surface area contributed by atoms with Crippen LogP contribution in [0.15, 0.2) is 22.7 Å². The van der Waals surface area contributed by atoms with Gasteiger partial charge in [0, 0.05) is 10.5 Å². The molecule has 1 aromatic carbocycles. The van der Waals surface area contributed by atoms with Gasteiger partial charge < -0.3 is 10.4 Å². The summed E-state index contributed by atoms with van der Waals surface area (Å²) in [6.07, 6.45) is 0. The summed E-state index contributed by atoms with van der Waals surface area (Å²) in [7, 11) is 0. The van der Waals surface area contributed by atoms with Gasteiger partial charge in [0.25, 0.3) is 5.91 Å². The van der Waals surface area contributed by atoms with Crippen molar-refractivity contribution in [2.75, 3.05) is 6.61 Å². The van der Waals surface area contributed by atoms with Gasteiger partial charge in [0.2, 0.25) is 0 Å². The molecule has 0 radical (unpaired) electrons. The van der Waals surface area contributed by atoms with Crippen LogP contribution in [0, 0.1) is 5.82 Å². The maximum atomic E-state index is 13.3. The molecule has 0 aromatic heterocycles. The van der Waals surface area contributed by atoms with E-state index in [0.29, 0.717) is 4.47 Å². The molecule has 0 saturated heterocycles. The van der Waals surface area contributed by atoms with Crippen LogP contribution in [0.2, 0.25) is 0 Å². The summed E-state index contributed by atoms with van der Waals surface area (Å²) in [6, 6.07) is 3.81. The van der Waals surface area contributed by atoms with Gasteiger partial charge in [0.15, 0.2) is 0 Å². The monoisotopic (exact) mass is 275 g/mol. The molecule has 0 fully saturated rings. The third-order valence-electron chi connectivity index (χ3n) is 1.83. The quantitative estimate of drug-likeness (QED) is 0.882. The topological polar surface area (TPSA) is 49.3 Å². The predicted molar refractivity (Wildman–Crippen MR) is 58.1 cm³/mol. The number of halogens is 2. The fourth-order valence-corrected chi connectivity index (χ4v) is 1.35. The first-order valence-corrected chi connectivity index (χ1v) is 5.20. The van der Waals surface area contributed by atoms with Gasteiger partial charge in [-0.1, -0.05) is 15.9 Å². The molecule has 82 valence electrons. The minimum absolute atomic E-state index is 0.0292. The Kier molecular flexibility index (Phi) is 4.23. The first kappa shape index (κ1) is 12.1. The van der Waals surface area contributed by atoms with Crippen molar-refractivity contribution in [3.8, 4) is 0 Å². The fourth-order valence-electron chi connectivity index (χ4n) is 1.02. The lowest BCUT2D eigenvalue weighted by molar-refractivity contribution is 0.0918. The minimum Gasteiger partial charge on any atom is -0.394 e. The van der Waals surface area contributed by atoms with E-state index in [-0.39, 0.29) is 18.2 Å². The smallest absolute Gasteiger partial charge is 0.254 e. The Morgan fingerprint density at radius 2 is 2.33 bits per heavy atom. The molecule has 0 aliphatic rings. The van der Waals surface area contributed by atoms with E-state index >= 15 is 0 Å². The summed E-state index contributed by atoms with van der Waals surface area (Å²) in [6.45, 7) is 1.46. The number of rotatable bonds is 3. The summed E-state index contributed by atoms with van der Waals surface area (Å²) in [4.78, 5) is 11.5. The van der Waals surface area contributed by atoms with Gasteiger partial charge in [0.05, 0.1) is 12.2 Å². The van der Waals surface area contributed by atoms with Crippen LogP contribution in [-0.2, 0) is 0 Å². The second-order valence-corrected chi connectivity index (χ2v) is 4.10. The first-order valence-electron chi connectivity index (χ1n) is 4.41. The van der Waals surface area contributed by atoms with Crippen LogP contribution in [0.4, 0.5) is 4.39 Å². The molecule has 0 spiro atoms. The number of benzene rings is 1. The number of hydrogen-bond donors (Lipinski definition) is 2. The molecular formula is C10H11BrFNO2. The number of carbonyl (C=O) groups is 1. The zero-order valence-electron chi connectivity index (χ0n) is 8.13. The predicted octanol–water partition coefficient (Wildman–Crippen LogP) is 1.70. The number of nitrogens with one attached hydrogen (secondary N) is 1. The van der Waals surface area contributed by atoms with E-state index in [1.54, 1.807) is 13.0 Å². The average Bonchev–Trinajstić information content (AvgIpc) is 2.17. The van der Waals surface area contributed by atoms with Gasteiger partial charge in [-0.15, -0.1) is 0 Å². The molecule has 5 heteroatoms. The maximum Gasteiger partial charge on any atom is 0.254 e. The molecule has 1 aromatic rings. The standard InChI is InChI=1S/C10H11BrFNO2/c1-6(5-14)13-10(15)8-3-2-7(11)4-9(8)12/h2-4,6,14H,5H2,1H3,(H,13,15)/t6-/m1/s1. The molecule has 1 atom stereocenters. The Labute approximate surface area is 95.4 Å². The maximum absolute atomic E-state index is 13.3. The van der Waals surface area contributed by atoms with Gasteiger partial charge in [0.1, 0.15) is 5.82 Å². The Morgan fingerprint density at radius 3 is 2.87 bits per heavy atom. The molecule has 1 amide bonds. The van der Waals surface area contributed by atoms with Crippen LogP contribution in [0.5, 0.6) is 0 Å². The van der Waals surface area contributed by atoms with Gasteiger partial charge in [-0.05, 0) is 25.1 Å². The van der Waals surface area contributed by atoms with Crippen molar-refractivity contribution in [2.45, 2.75) is 13.0 Å². The van der Waals surface area contributed by atoms with Gasteiger partial charge >= 0.3 is 0 Å². The number of aliphatic hydroxyl groups is 1. The lowest BCUT2D eigenvalue weighted by Gasteiger charge is -2.11. The lowest BCUT2D eigenvalue weighted by atomic mass is 10.2. The summed E-state index contributed by atoms with van der Waals surface area (Å²) in [5.41, 5.74) is -0.0292. The first-order chi connectivity index (χ1) is 7.04. The van der Waals surface area contributed by atoms with Crippen LogP contribution in [-0.4, -0.2) is 23.7 Å². The minimum atomic E-state index is -0.591. The van der Waals surface area contributed by atoms with Crippen molar-refractivity contribution < 1.29 is 14.3 Å². The highest BCUT2D eigenvalue weighted by molar-refractivity contribution is 9.10. The molecule has 0 unspecified atom stereocenters. The Hall–Kier alpha value is -0.940. The van der Waals surface area contributed by atoms with Crippen LogP contribution in [0.1, 0.15) is 17.3 Å². The SMILES string of the molecule is C[C@H](CO)NC(=O)c1ccc(Br)cc1F. The normalized spacial score (nSPS) is 12.3. The van der Waals surface area contributed by atoms with Crippen molar-refractivity contribution in [3.05, 3.63) is 34.1 Å². The van der Waals surface area contributed by atoms with E-state index in [9.17, 15) is 9.18 Å². The van der Waals surface area contributed by atoms with Crippen molar-refractivity contribution in [2.24, 2.45) is 0 Å². The van der Waals surface area contributed by atoms with E-state index in [0.717, 1.165) is 0 Å². The lowest BCUT2D eigenvalue weighted by Crippen LogP contribution is -2.35. The van der Waals surface area contributed by atoms with E-state index < -0.39 is 11.7 Å². The molecule has 15 heavy (non-hydrogen) atoms. The molecule has 0 bridgehead atoms. The van der Waals surface area contributed by atoms with Crippen LogP contribution < -0.4 is 5.32 Å². The molecule has 2 N–H and O–H groups in total. The van der Waals surface area contributed by atoms with Crippen LogP contribution in [0.25, 0.3) is 0 Å². The summed E-state index contributed by atoms with van der Waals surface area (Å²) < 4.78 is 13.9. The Morgan fingerprint density at radius 1 is 1.67 bits per heavy atom. The molecule has 0 aliphatic carbocycles. The number of carbonyl (C=O) groups excluding carboxylic acids is 1. The van der Waals surface area contributed by atoms with Gasteiger partial charge in [-0.25, -0.2) is 4.39 Å². The Balaban J connectivity index is 2.82. The highest BCUT2D eigenvalue weighted by Crippen LogP contribution is 2.15. The molecular weight excluding hydrogens is 265 g/mol. The zero-order valence-corrected chi connectivity index (χ0v) is 9.71. The van der Waals surface area contributed by atoms with Crippen molar-refractivity contribution in [1.29, 1.82) is 0 Å². The average molecular weight is 276 g/mol. The van der Waals surface area contributed by atoms with Gasteiger partial charge in [-0.3, -0.25) is 4.79 Å². The largest absolute Gasteiger partial charge is 0.394 e. The van der Waals surface area contributed by atoms with E-state index in [1.165, 1.54) is 12.1 Å². The summed E-state index contributed by atoms with van der Waals surface area (Å²) in [5.74, 6) is -1.12.